The highest BCUT2D eigenvalue weighted by molar-refractivity contribution is 9.10. The predicted molar refractivity (Wildman–Crippen MR) is 49.2 cm³/mol. The van der Waals surface area contributed by atoms with E-state index in [0.717, 1.165) is 0 Å². The van der Waals surface area contributed by atoms with Gasteiger partial charge in [-0.1, -0.05) is 23.7 Å². The second kappa shape index (κ2) is 3.37. The molecule has 0 saturated heterocycles. The first-order valence-electron chi connectivity index (χ1n) is 3.08. The summed E-state index contributed by atoms with van der Waals surface area (Å²) in [7, 11) is 0. The normalized spacial score (nSPS) is 9.73. The van der Waals surface area contributed by atoms with Gasteiger partial charge in [0.15, 0.2) is 5.78 Å². The smallest absolute Gasteiger partial charge is 0.160 e. The van der Waals surface area contributed by atoms with Crippen LogP contribution in [-0.2, 0) is 0 Å². The zero-order valence-electron chi connectivity index (χ0n) is 5.90. The second-order valence-electron chi connectivity index (χ2n) is 2.16. The summed E-state index contributed by atoms with van der Waals surface area (Å²) in [6.45, 7) is 1.51. The maximum Gasteiger partial charge on any atom is 0.160 e. The summed E-state index contributed by atoms with van der Waals surface area (Å²) >= 11 is 8.99. The number of rotatable bonds is 1. The summed E-state index contributed by atoms with van der Waals surface area (Å²) in [6, 6.07) is 5.22. The van der Waals surface area contributed by atoms with Gasteiger partial charge in [0.2, 0.25) is 0 Å². The second-order valence-corrected chi connectivity index (χ2v) is 3.36. The van der Waals surface area contributed by atoms with Crippen molar-refractivity contribution in [1.82, 2.24) is 0 Å². The molecule has 0 bridgehead atoms. The van der Waals surface area contributed by atoms with Gasteiger partial charge in [-0.25, -0.2) is 0 Å². The van der Waals surface area contributed by atoms with Crippen LogP contribution in [0.2, 0.25) is 5.02 Å². The standard InChI is InChI=1S/C8H6BrClO/c1-5(11)6-3-2-4-7(10)8(6)9/h2-4H,1H3. The number of halogens is 2. The van der Waals surface area contributed by atoms with E-state index in [1.165, 1.54) is 6.92 Å². The first-order chi connectivity index (χ1) is 5.13. The molecule has 0 aliphatic carbocycles. The summed E-state index contributed by atoms with van der Waals surface area (Å²) < 4.78 is 0.675. The van der Waals surface area contributed by atoms with Crippen molar-refractivity contribution in [3.63, 3.8) is 0 Å². The molecule has 0 N–H and O–H groups in total. The Balaban J connectivity index is 3.27. The lowest BCUT2D eigenvalue weighted by Gasteiger charge is -2.00. The maximum absolute atomic E-state index is 10.9. The van der Waals surface area contributed by atoms with Crippen molar-refractivity contribution >= 4 is 33.3 Å². The topological polar surface area (TPSA) is 17.1 Å². The molecule has 0 aromatic heterocycles. The van der Waals surface area contributed by atoms with E-state index in [4.69, 9.17) is 11.6 Å². The number of Topliss-reactive ketones (excluding diaryl/α,β-unsaturated/α-hetero) is 1. The van der Waals surface area contributed by atoms with Crippen molar-refractivity contribution in [2.45, 2.75) is 6.92 Å². The molecule has 0 radical (unpaired) electrons. The van der Waals surface area contributed by atoms with Gasteiger partial charge in [0.1, 0.15) is 0 Å². The molecule has 0 amide bonds. The van der Waals surface area contributed by atoms with E-state index in [1.807, 2.05) is 0 Å². The molecule has 0 spiro atoms. The molecule has 58 valence electrons. The maximum atomic E-state index is 10.9. The minimum atomic E-state index is 0.0133. The highest BCUT2D eigenvalue weighted by Gasteiger charge is 2.06. The third-order valence-corrected chi connectivity index (χ3v) is 2.73. The van der Waals surface area contributed by atoms with E-state index in [0.29, 0.717) is 15.1 Å². The van der Waals surface area contributed by atoms with Crippen molar-refractivity contribution in [2.24, 2.45) is 0 Å². The fraction of sp³-hybridized carbons (Fsp3) is 0.125. The molecule has 0 heterocycles. The minimum absolute atomic E-state index is 0.0133. The first-order valence-corrected chi connectivity index (χ1v) is 4.25. The van der Waals surface area contributed by atoms with Crippen LogP contribution in [0.5, 0.6) is 0 Å². The van der Waals surface area contributed by atoms with E-state index in [-0.39, 0.29) is 5.78 Å². The average molecular weight is 233 g/mol. The highest BCUT2D eigenvalue weighted by atomic mass is 79.9. The minimum Gasteiger partial charge on any atom is -0.294 e. The molecule has 1 aromatic carbocycles. The summed E-state index contributed by atoms with van der Waals surface area (Å²) in [6.07, 6.45) is 0. The molecule has 0 aliphatic heterocycles. The predicted octanol–water partition coefficient (Wildman–Crippen LogP) is 3.31. The highest BCUT2D eigenvalue weighted by Crippen LogP contribution is 2.25. The van der Waals surface area contributed by atoms with Crippen LogP contribution in [-0.4, -0.2) is 5.78 Å². The van der Waals surface area contributed by atoms with Crippen LogP contribution in [0.15, 0.2) is 22.7 Å². The largest absolute Gasteiger partial charge is 0.294 e. The van der Waals surface area contributed by atoms with Crippen molar-refractivity contribution in [1.29, 1.82) is 0 Å². The number of carbonyl (C=O) groups excluding carboxylic acids is 1. The van der Waals surface area contributed by atoms with Gasteiger partial charge in [-0.3, -0.25) is 4.79 Å². The molecule has 0 atom stereocenters. The Morgan fingerprint density at radius 1 is 1.55 bits per heavy atom. The van der Waals surface area contributed by atoms with Crippen molar-refractivity contribution < 1.29 is 4.79 Å². The Hall–Kier alpha value is -0.340. The Morgan fingerprint density at radius 2 is 2.18 bits per heavy atom. The monoisotopic (exact) mass is 232 g/mol. The van der Waals surface area contributed by atoms with Crippen molar-refractivity contribution in [3.8, 4) is 0 Å². The fourth-order valence-corrected chi connectivity index (χ4v) is 1.49. The molecular weight excluding hydrogens is 227 g/mol. The molecule has 3 heteroatoms. The van der Waals surface area contributed by atoms with Crippen molar-refractivity contribution in [3.05, 3.63) is 33.3 Å². The van der Waals surface area contributed by atoms with Crippen LogP contribution >= 0.6 is 27.5 Å². The van der Waals surface area contributed by atoms with E-state index in [9.17, 15) is 4.79 Å². The lowest BCUT2D eigenvalue weighted by Crippen LogP contribution is -1.92. The number of benzene rings is 1. The molecule has 0 fully saturated rings. The van der Waals surface area contributed by atoms with E-state index in [1.54, 1.807) is 18.2 Å². The fourth-order valence-electron chi connectivity index (χ4n) is 0.776. The molecule has 0 saturated carbocycles. The van der Waals surface area contributed by atoms with Crippen LogP contribution in [0, 0.1) is 0 Å². The lowest BCUT2D eigenvalue weighted by molar-refractivity contribution is 0.101. The molecule has 11 heavy (non-hydrogen) atoms. The third-order valence-electron chi connectivity index (χ3n) is 1.33. The average Bonchev–Trinajstić information content (AvgIpc) is 1.94. The Labute approximate surface area is 78.5 Å². The number of ketones is 1. The summed E-state index contributed by atoms with van der Waals surface area (Å²) in [5, 5.41) is 0.567. The van der Waals surface area contributed by atoms with Gasteiger partial charge in [-0.15, -0.1) is 0 Å². The molecule has 1 rings (SSSR count). The van der Waals surface area contributed by atoms with Gasteiger partial charge >= 0.3 is 0 Å². The Bertz CT molecular complexity index is 296. The molecule has 1 aromatic rings. The SMILES string of the molecule is CC(=O)c1cccc(Cl)c1Br. The van der Waals surface area contributed by atoms with Crippen LogP contribution in [0.1, 0.15) is 17.3 Å². The van der Waals surface area contributed by atoms with Gasteiger partial charge < -0.3 is 0 Å². The number of hydrogen-bond acceptors (Lipinski definition) is 1. The Kier molecular flexibility index (Phi) is 2.68. The molecule has 0 aliphatic rings. The van der Waals surface area contributed by atoms with Crippen LogP contribution in [0.3, 0.4) is 0 Å². The number of carbonyl (C=O) groups is 1. The van der Waals surface area contributed by atoms with Gasteiger partial charge in [0.05, 0.1) is 5.02 Å². The van der Waals surface area contributed by atoms with E-state index >= 15 is 0 Å². The van der Waals surface area contributed by atoms with E-state index < -0.39 is 0 Å². The van der Waals surface area contributed by atoms with Gasteiger partial charge in [0, 0.05) is 10.0 Å². The van der Waals surface area contributed by atoms with Gasteiger partial charge in [-0.2, -0.15) is 0 Å². The van der Waals surface area contributed by atoms with Crippen LogP contribution in [0.4, 0.5) is 0 Å². The van der Waals surface area contributed by atoms with Crippen LogP contribution in [0.25, 0.3) is 0 Å². The zero-order valence-corrected chi connectivity index (χ0v) is 8.24. The first kappa shape index (κ1) is 8.75. The summed E-state index contributed by atoms with van der Waals surface area (Å²) in [5.74, 6) is 0.0133. The molecule has 0 unspecified atom stereocenters. The van der Waals surface area contributed by atoms with Gasteiger partial charge in [-0.05, 0) is 28.9 Å². The summed E-state index contributed by atoms with van der Waals surface area (Å²) in [5.41, 5.74) is 0.623. The van der Waals surface area contributed by atoms with Crippen LogP contribution < -0.4 is 0 Å². The number of hydrogen-bond donors (Lipinski definition) is 0. The van der Waals surface area contributed by atoms with E-state index in [2.05, 4.69) is 15.9 Å². The lowest BCUT2D eigenvalue weighted by atomic mass is 10.1. The quantitative estimate of drug-likeness (QED) is 0.680. The van der Waals surface area contributed by atoms with Gasteiger partial charge in [0.25, 0.3) is 0 Å². The Morgan fingerprint density at radius 3 is 2.64 bits per heavy atom. The molecule has 1 nitrogen and oxygen atoms in total. The third kappa shape index (κ3) is 1.82. The molecular formula is C8H6BrClO. The summed E-state index contributed by atoms with van der Waals surface area (Å²) in [4.78, 5) is 10.9. The van der Waals surface area contributed by atoms with Crippen molar-refractivity contribution in [2.75, 3.05) is 0 Å². The zero-order chi connectivity index (χ0) is 8.43.